The lowest BCUT2D eigenvalue weighted by molar-refractivity contribution is 0.0697. The predicted molar refractivity (Wildman–Crippen MR) is 80.5 cm³/mol. The minimum Gasteiger partial charge on any atom is -0.478 e. The maximum Gasteiger partial charge on any atom is 0.337 e. The molecule has 0 radical (unpaired) electrons. The summed E-state index contributed by atoms with van der Waals surface area (Å²) in [5.74, 6) is -1.06. The molecule has 2 amide bonds. The molecular formula is C16H16N2O3. The third-order valence-corrected chi connectivity index (χ3v) is 3.09. The van der Waals surface area contributed by atoms with Crippen LogP contribution in [0.25, 0.3) is 0 Å². The Morgan fingerprint density at radius 2 is 1.67 bits per heavy atom. The number of rotatable bonds is 4. The van der Waals surface area contributed by atoms with Gasteiger partial charge in [-0.2, -0.15) is 0 Å². The van der Waals surface area contributed by atoms with Gasteiger partial charge < -0.3 is 10.4 Å². The predicted octanol–water partition coefficient (Wildman–Crippen LogP) is 2.73. The van der Waals surface area contributed by atoms with E-state index in [2.05, 4.69) is 5.32 Å². The van der Waals surface area contributed by atoms with Crippen LogP contribution in [-0.2, 0) is 6.54 Å². The van der Waals surface area contributed by atoms with Gasteiger partial charge in [-0.05, 0) is 17.7 Å². The van der Waals surface area contributed by atoms with Crippen molar-refractivity contribution in [3.8, 4) is 0 Å². The number of carboxylic acids is 1. The van der Waals surface area contributed by atoms with Gasteiger partial charge in [-0.3, -0.25) is 4.90 Å². The Morgan fingerprint density at radius 3 is 2.33 bits per heavy atom. The number of carbonyl (C=O) groups excluding carboxylic acids is 1. The monoisotopic (exact) mass is 284 g/mol. The Labute approximate surface area is 122 Å². The third-order valence-electron chi connectivity index (χ3n) is 3.09. The van der Waals surface area contributed by atoms with Crippen LogP contribution in [0.4, 0.5) is 10.5 Å². The average molecular weight is 284 g/mol. The van der Waals surface area contributed by atoms with Crippen molar-refractivity contribution in [3.05, 3.63) is 65.7 Å². The molecular weight excluding hydrogens is 268 g/mol. The summed E-state index contributed by atoms with van der Waals surface area (Å²) in [6.07, 6.45) is 0. The maximum atomic E-state index is 12.1. The van der Waals surface area contributed by atoms with Crippen LogP contribution < -0.4 is 10.2 Å². The first-order valence-corrected chi connectivity index (χ1v) is 6.47. The van der Waals surface area contributed by atoms with Crippen molar-refractivity contribution >= 4 is 17.7 Å². The molecule has 2 aromatic rings. The van der Waals surface area contributed by atoms with Crippen molar-refractivity contribution in [3.63, 3.8) is 0 Å². The first-order chi connectivity index (χ1) is 10.1. The molecule has 0 aliphatic carbocycles. The second-order valence-corrected chi connectivity index (χ2v) is 4.53. The highest BCUT2D eigenvalue weighted by molar-refractivity contribution is 6.01. The molecule has 0 atom stereocenters. The first-order valence-electron chi connectivity index (χ1n) is 6.47. The number of anilines is 1. The van der Waals surface area contributed by atoms with Gasteiger partial charge in [-0.15, -0.1) is 0 Å². The van der Waals surface area contributed by atoms with E-state index in [1.165, 1.54) is 11.0 Å². The van der Waals surface area contributed by atoms with Gasteiger partial charge in [0.2, 0.25) is 0 Å². The molecule has 5 heteroatoms. The quantitative estimate of drug-likeness (QED) is 0.907. The number of aromatic carboxylic acids is 1. The van der Waals surface area contributed by atoms with E-state index in [9.17, 15) is 9.59 Å². The van der Waals surface area contributed by atoms with Gasteiger partial charge in [0.25, 0.3) is 0 Å². The molecule has 108 valence electrons. The summed E-state index contributed by atoms with van der Waals surface area (Å²) in [4.78, 5) is 24.6. The molecule has 0 saturated heterocycles. The number of hydrogen-bond donors (Lipinski definition) is 2. The number of nitrogens with zero attached hydrogens (tertiary/aromatic N) is 1. The number of amides is 2. The molecule has 2 N–H and O–H groups in total. The Bertz CT molecular complexity index is 641. The van der Waals surface area contributed by atoms with Crippen LogP contribution in [0.15, 0.2) is 54.6 Å². The fraction of sp³-hybridized carbons (Fsp3) is 0.125. The number of carboxylic acid groups (broad SMARTS) is 1. The number of nitrogens with one attached hydrogen (secondary N) is 1. The molecule has 0 bridgehead atoms. The van der Waals surface area contributed by atoms with Gasteiger partial charge in [0, 0.05) is 13.6 Å². The van der Waals surface area contributed by atoms with Gasteiger partial charge in [-0.25, -0.2) is 9.59 Å². The molecule has 2 rings (SSSR count). The van der Waals surface area contributed by atoms with Gasteiger partial charge >= 0.3 is 12.0 Å². The van der Waals surface area contributed by atoms with E-state index >= 15 is 0 Å². The molecule has 5 nitrogen and oxygen atoms in total. The summed E-state index contributed by atoms with van der Waals surface area (Å²) in [5.41, 5.74) is 1.43. The lowest BCUT2D eigenvalue weighted by Gasteiger charge is -2.19. The lowest BCUT2D eigenvalue weighted by atomic mass is 10.1. The highest BCUT2D eigenvalue weighted by atomic mass is 16.4. The van der Waals surface area contributed by atoms with Crippen LogP contribution in [0.5, 0.6) is 0 Å². The molecule has 0 saturated carbocycles. The molecule has 0 aliphatic heterocycles. The molecule has 0 aromatic heterocycles. The van der Waals surface area contributed by atoms with Crippen molar-refractivity contribution in [1.29, 1.82) is 0 Å². The van der Waals surface area contributed by atoms with Crippen molar-refractivity contribution in [2.75, 3.05) is 11.9 Å². The molecule has 0 aliphatic rings. The number of para-hydroxylation sites is 1. The molecule has 0 fully saturated rings. The summed E-state index contributed by atoms with van der Waals surface area (Å²) in [6, 6.07) is 15.6. The van der Waals surface area contributed by atoms with E-state index in [-0.39, 0.29) is 11.6 Å². The van der Waals surface area contributed by atoms with E-state index in [4.69, 9.17) is 5.11 Å². The molecule has 0 heterocycles. The van der Waals surface area contributed by atoms with Crippen LogP contribution in [0, 0.1) is 0 Å². The molecule has 0 spiro atoms. The highest BCUT2D eigenvalue weighted by Crippen LogP contribution is 2.19. The third kappa shape index (κ3) is 3.60. The Morgan fingerprint density at radius 1 is 1.05 bits per heavy atom. The van der Waals surface area contributed by atoms with E-state index in [0.717, 1.165) is 5.56 Å². The minimum absolute atomic E-state index is 0.0925. The topological polar surface area (TPSA) is 69.6 Å². The number of urea groups is 1. The maximum absolute atomic E-state index is 12.1. The van der Waals surface area contributed by atoms with Gasteiger partial charge in [0.1, 0.15) is 0 Å². The Kier molecular flexibility index (Phi) is 4.56. The summed E-state index contributed by atoms with van der Waals surface area (Å²) in [5, 5.41) is 11.9. The second-order valence-electron chi connectivity index (χ2n) is 4.53. The fourth-order valence-electron chi connectivity index (χ4n) is 1.95. The second kappa shape index (κ2) is 6.56. The zero-order valence-corrected chi connectivity index (χ0v) is 11.6. The SMILES string of the molecule is CN(C(=O)NCc1ccccc1)c1ccccc1C(=O)O. The largest absolute Gasteiger partial charge is 0.478 e. The molecule has 2 aromatic carbocycles. The zero-order valence-electron chi connectivity index (χ0n) is 11.6. The first kappa shape index (κ1) is 14.6. The van der Waals surface area contributed by atoms with Crippen molar-refractivity contribution in [2.24, 2.45) is 0 Å². The van der Waals surface area contributed by atoms with E-state index in [1.807, 2.05) is 30.3 Å². The normalized spacial score (nSPS) is 9.95. The molecule has 0 unspecified atom stereocenters. The lowest BCUT2D eigenvalue weighted by Crippen LogP contribution is -2.37. The fourth-order valence-corrected chi connectivity index (χ4v) is 1.95. The number of benzene rings is 2. The van der Waals surface area contributed by atoms with Crippen LogP contribution in [-0.4, -0.2) is 24.2 Å². The van der Waals surface area contributed by atoms with Gasteiger partial charge in [0.15, 0.2) is 0 Å². The van der Waals surface area contributed by atoms with E-state index in [0.29, 0.717) is 12.2 Å². The number of hydrogen-bond acceptors (Lipinski definition) is 2. The van der Waals surface area contributed by atoms with Crippen LogP contribution in [0.1, 0.15) is 15.9 Å². The smallest absolute Gasteiger partial charge is 0.337 e. The van der Waals surface area contributed by atoms with Gasteiger partial charge in [0.05, 0.1) is 11.3 Å². The van der Waals surface area contributed by atoms with Gasteiger partial charge in [-0.1, -0.05) is 42.5 Å². The Hall–Kier alpha value is -2.82. The van der Waals surface area contributed by atoms with E-state index in [1.54, 1.807) is 25.2 Å². The minimum atomic E-state index is -1.06. The van der Waals surface area contributed by atoms with Crippen molar-refractivity contribution < 1.29 is 14.7 Å². The summed E-state index contributed by atoms with van der Waals surface area (Å²) < 4.78 is 0. The van der Waals surface area contributed by atoms with Crippen LogP contribution in [0.3, 0.4) is 0 Å². The van der Waals surface area contributed by atoms with Crippen LogP contribution in [0.2, 0.25) is 0 Å². The summed E-state index contributed by atoms with van der Waals surface area (Å²) >= 11 is 0. The zero-order chi connectivity index (χ0) is 15.2. The molecule has 21 heavy (non-hydrogen) atoms. The average Bonchev–Trinajstić information content (AvgIpc) is 2.52. The Balaban J connectivity index is 2.08. The van der Waals surface area contributed by atoms with Crippen molar-refractivity contribution in [1.82, 2.24) is 5.32 Å². The highest BCUT2D eigenvalue weighted by Gasteiger charge is 2.17. The summed E-state index contributed by atoms with van der Waals surface area (Å²) in [7, 11) is 1.54. The van der Waals surface area contributed by atoms with Crippen LogP contribution >= 0.6 is 0 Å². The van der Waals surface area contributed by atoms with Crippen molar-refractivity contribution in [2.45, 2.75) is 6.54 Å². The van der Waals surface area contributed by atoms with E-state index < -0.39 is 5.97 Å². The number of carbonyl (C=O) groups is 2. The summed E-state index contributed by atoms with van der Waals surface area (Å²) in [6.45, 7) is 0.388. The standard InChI is InChI=1S/C16H16N2O3/c1-18(14-10-6-5-9-13(14)15(19)20)16(21)17-11-12-7-3-2-4-8-12/h2-10H,11H2,1H3,(H,17,21)(H,19,20).